The molecular formula is C10H12F2O. The standard InChI is InChI=1S/C10H12F2O/c1-6(2)13-10-5-8(11)7(3)4-9(10)12/h4-6H,1-3H3. The first-order valence-corrected chi connectivity index (χ1v) is 4.13. The molecule has 13 heavy (non-hydrogen) atoms. The summed E-state index contributed by atoms with van der Waals surface area (Å²) in [5, 5.41) is 0. The monoisotopic (exact) mass is 186 g/mol. The van der Waals surface area contributed by atoms with Gasteiger partial charge in [-0.15, -0.1) is 0 Å². The van der Waals surface area contributed by atoms with Crippen LogP contribution in [0.3, 0.4) is 0 Å². The Labute approximate surface area is 76.3 Å². The Kier molecular flexibility index (Phi) is 2.86. The molecule has 72 valence electrons. The van der Waals surface area contributed by atoms with Gasteiger partial charge >= 0.3 is 0 Å². The second-order valence-corrected chi connectivity index (χ2v) is 3.20. The fraction of sp³-hybridized carbons (Fsp3) is 0.400. The molecule has 0 aliphatic heterocycles. The second-order valence-electron chi connectivity index (χ2n) is 3.20. The van der Waals surface area contributed by atoms with Gasteiger partial charge in [-0.25, -0.2) is 8.78 Å². The molecule has 0 saturated carbocycles. The molecule has 0 radical (unpaired) electrons. The highest BCUT2D eigenvalue weighted by Gasteiger charge is 2.09. The summed E-state index contributed by atoms with van der Waals surface area (Å²) in [4.78, 5) is 0. The van der Waals surface area contributed by atoms with Crippen molar-refractivity contribution in [1.29, 1.82) is 0 Å². The van der Waals surface area contributed by atoms with Crippen LogP contribution in [-0.2, 0) is 0 Å². The van der Waals surface area contributed by atoms with Crippen LogP contribution in [0.25, 0.3) is 0 Å². The predicted molar refractivity (Wildman–Crippen MR) is 46.9 cm³/mol. The maximum absolute atomic E-state index is 13.1. The Morgan fingerprint density at radius 1 is 1.15 bits per heavy atom. The summed E-state index contributed by atoms with van der Waals surface area (Å²) in [5.74, 6) is -0.997. The number of ether oxygens (including phenoxy) is 1. The van der Waals surface area contributed by atoms with Gasteiger partial charge in [-0.1, -0.05) is 0 Å². The molecule has 0 spiro atoms. The Morgan fingerprint density at radius 2 is 1.77 bits per heavy atom. The van der Waals surface area contributed by atoms with Crippen LogP contribution in [0.1, 0.15) is 19.4 Å². The van der Waals surface area contributed by atoms with Gasteiger partial charge in [0.05, 0.1) is 6.10 Å². The number of hydrogen-bond acceptors (Lipinski definition) is 1. The zero-order valence-corrected chi connectivity index (χ0v) is 7.90. The molecular weight excluding hydrogens is 174 g/mol. The molecule has 1 nitrogen and oxygen atoms in total. The van der Waals surface area contributed by atoms with Gasteiger partial charge in [-0.2, -0.15) is 0 Å². The summed E-state index contributed by atoms with van der Waals surface area (Å²) in [7, 11) is 0. The minimum atomic E-state index is -0.521. The molecule has 0 heterocycles. The number of rotatable bonds is 2. The minimum absolute atomic E-state index is 0.0295. The highest BCUT2D eigenvalue weighted by molar-refractivity contribution is 5.30. The number of aryl methyl sites for hydroxylation is 1. The van der Waals surface area contributed by atoms with E-state index in [0.29, 0.717) is 0 Å². The molecule has 0 atom stereocenters. The average Bonchev–Trinajstić information content (AvgIpc) is 1.99. The SMILES string of the molecule is Cc1cc(F)c(OC(C)C)cc1F. The first-order chi connectivity index (χ1) is 6.00. The van der Waals surface area contributed by atoms with E-state index >= 15 is 0 Å². The quantitative estimate of drug-likeness (QED) is 0.689. The van der Waals surface area contributed by atoms with E-state index in [1.165, 1.54) is 6.92 Å². The van der Waals surface area contributed by atoms with Gasteiger partial charge in [-0.3, -0.25) is 0 Å². The number of benzene rings is 1. The topological polar surface area (TPSA) is 9.23 Å². The third kappa shape index (κ3) is 2.41. The zero-order valence-electron chi connectivity index (χ0n) is 7.90. The molecule has 0 saturated heterocycles. The van der Waals surface area contributed by atoms with Gasteiger partial charge in [0.15, 0.2) is 11.6 Å². The summed E-state index contributed by atoms with van der Waals surface area (Å²) in [6, 6.07) is 2.21. The van der Waals surface area contributed by atoms with E-state index in [1.54, 1.807) is 13.8 Å². The number of halogens is 2. The van der Waals surface area contributed by atoms with Gasteiger partial charge in [0.1, 0.15) is 5.82 Å². The van der Waals surface area contributed by atoms with Gasteiger partial charge in [0, 0.05) is 6.07 Å². The fourth-order valence-corrected chi connectivity index (χ4v) is 0.972. The molecule has 1 rings (SSSR count). The summed E-state index contributed by atoms with van der Waals surface area (Å²) in [5.41, 5.74) is 0.286. The Bertz CT molecular complexity index is 308. The van der Waals surface area contributed by atoms with Crippen molar-refractivity contribution in [2.24, 2.45) is 0 Å². The van der Waals surface area contributed by atoms with E-state index in [2.05, 4.69) is 0 Å². The second kappa shape index (κ2) is 3.73. The zero-order chi connectivity index (χ0) is 10.0. The Balaban J connectivity index is 3.01. The van der Waals surface area contributed by atoms with Crippen LogP contribution in [0.4, 0.5) is 8.78 Å². The van der Waals surface area contributed by atoms with Gasteiger partial charge in [-0.05, 0) is 32.4 Å². The van der Waals surface area contributed by atoms with Crippen molar-refractivity contribution >= 4 is 0 Å². The lowest BCUT2D eigenvalue weighted by atomic mass is 10.2. The minimum Gasteiger partial charge on any atom is -0.488 e. The van der Waals surface area contributed by atoms with Crippen LogP contribution >= 0.6 is 0 Å². The van der Waals surface area contributed by atoms with E-state index < -0.39 is 11.6 Å². The third-order valence-electron chi connectivity index (χ3n) is 1.58. The summed E-state index contributed by atoms with van der Waals surface area (Å²) in [6.45, 7) is 5.03. The lowest BCUT2D eigenvalue weighted by Crippen LogP contribution is -2.07. The Morgan fingerprint density at radius 3 is 2.31 bits per heavy atom. The Hall–Kier alpha value is -1.12. The van der Waals surface area contributed by atoms with Crippen molar-refractivity contribution in [2.45, 2.75) is 26.9 Å². The van der Waals surface area contributed by atoms with E-state index in [0.717, 1.165) is 12.1 Å². The molecule has 0 aliphatic rings. The molecule has 1 aromatic rings. The first-order valence-electron chi connectivity index (χ1n) is 4.13. The lowest BCUT2D eigenvalue weighted by Gasteiger charge is -2.11. The van der Waals surface area contributed by atoms with Crippen molar-refractivity contribution < 1.29 is 13.5 Å². The average molecular weight is 186 g/mol. The van der Waals surface area contributed by atoms with Crippen molar-refractivity contribution in [3.8, 4) is 5.75 Å². The molecule has 0 aromatic heterocycles. The van der Waals surface area contributed by atoms with E-state index in [9.17, 15) is 8.78 Å². The van der Waals surface area contributed by atoms with E-state index in [4.69, 9.17) is 4.74 Å². The molecule has 0 N–H and O–H groups in total. The molecule has 0 amide bonds. The largest absolute Gasteiger partial charge is 0.488 e. The van der Waals surface area contributed by atoms with Crippen molar-refractivity contribution in [2.75, 3.05) is 0 Å². The highest BCUT2D eigenvalue weighted by Crippen LogP contribution is 2.21. The van der Waals surface area contributed by atoms with Gasteiger partial charge in [0.25, 0.3) is 0 Å². The molecule has 0 bridgehead atoms. The normalized spacial score (nSPS) is 10.6. The van der Waals surface area contributed by atoms with E-state index in [1.807, 2.05) is 0 Å². The number of hydrogen-bond donors (Lipinski definition) is 0. The maximum Gasteiger partial charge on any atom is 0.165 e. The summed E-state index contributed by atoms with van der Waals surface area (Å²) < 4.78 is 31.1. The highest BCUT2D eigenvalue weighted by atomic mass is 19.1. The molecule has 3 heteroatoms. The first kappa shape index (κ1) is 9.96. The summed E-state index contributed by atoms with van der Waals surface area (Å²) >= 11 is 0. The lowest BCUT2D eigenvalue weighted by molar-refractivity contribution is 0.230. The van der Waals surface area contributed by atoms with Crippen LogP contribution in [0.2, 0.25) is 0 Å². The summed E-state index contributed by atoms with van der Waals surface area (Å²) in [6.07, 6.45) is -0.156. The maximum atomic E-state index is 13.1. The smallest absolute Gasteiger partial charge is 0.165 e. The fourth-order valence-electron chi connectivity index (χ4n) is 0.972. The molecule has 0 unspecified atom stereocenters. The van der Waals surface area contributed by atoms with Crippen LogP contribution in [0, 0.1) is 18.6 Å². The van der Waals surface area contributed by atoms with E-state index in [-0.39, 0.29) is 17.4 Å². The third-order valence-corrected chi connectivity index (χ3v) is 1.58. The predicted octanol–water partition coefficient (Wildman–Crippen LogP) is 3.06. The van der Waals surface area contributed by atoms with Crippen molar-refractivity contribution in [3.05, 3.63) is 29.3 Å². The molecule has 1 aromatic carbocycles. The molecule has 0 fully saturated rings. The van der Waals surface area contributed by atoms with Crippen LogP contribution in [0.5, 0.6) is 5.75 Å². The van der Waals surface area contributed by atoms with Crippen LogP contribution < -0.4 is 4.74 Å². The van der Waals surface area contributed by atoms with Crippen molar-refractivity contribution in [3.63, 3.8) is 0 Å². The van der Waals surface area contributed by atoms with Crippen LogP contribution in [-0.4, -0.2) is 6.10 Å². The van der Waals surface area contributed by atoms with Crippen LogP contribution in [0.15, 0.2) is 12.1 Å². The van der Waals surface area contributed by atoms with Gasteiger partial charge in [0.2, 0.25) is 0 Å². The van der Waals surface area contributed by atoms with Gasteiger partial charge < -0.3 is 4.74 Å². The molecule has 0 aliphatic carbocycles. The van der Waals surface area contributed by atoms with Crippen molar-refractivity contribution in [1.82, 2.24) is 0 Å².